The molecule has 0 aliphatic rings. The minimum Gasteiger partial charge on any atom is -0.396 e. The fourth-order valence-electron chi connectivity index (χ4n) is 2.22. The van der Waals surface area contributed by atoms with E-state index in [0.717, 1.165) is 17.3 Å². The first kappa shape index (κ1) is 12.7. The highest BCUT2D eigenvalue weighted by Gasteiger charge is 2.16. The Labute approximate surface area is 116 Å². The van der Waals surface area contributed by atoms with Crippen molar-refractivity contribution in [2.45, 2.75) is 4.90 Å². The van der Waals surface area contributed by atoms with E-state index < -0.39 is 9.84 Å². The molecule has 0 unspecified atom stereocenters. The van der Waals surface area contributed by atoms with Gasteiger partial charge < -0.3 is 5.73 Å². The molecule has 102 valence electrons. The van der Waals surface area contributed by atoms with Gasteiger partial charge in [-0.1, -0.05) is 18.2 Å². The summed E-state index contributed by atoms with van der Waals surface area (Å²) in [6.45, 7) is 0. The number of imidazole rings is 1. The maximum atomic E-state index is 11.7. The van der Waals surface area contributed by atoms with Crippen LogP contribution in [0.5, 0.6) is 0 Å². The first-order chi connectivity index (χ1) is 9.48. The van der Waals surface area contributed by atoms with Crippen molar-refractivity contribution in [3.8, 4) is 5.69 Å². The molecule has 3 rings (SSSR count). The number of nitrogens with two attached hydrogens (primary N) is 1. The van der Waals surface area contributed by atoms with Gasteiger partial charge in [0.15, 0.2) is 9.84 Å². The number of benzene rings is 2. The summed E-state index contributed by atoms with van der Waals surface area (Å²) >= 11 is 0. The number of hydrogen-bond donors (Lipinski definition) is 1. The topological polar surface area (TPSA) is 78.0 Å². The smallest absolute Gasteiger partial charge is 0.177 e. The third-order valence-electron chi connectivity index (χ3n) is 3.16. The van der Waals surface area contributed by atoms with Gasteiger partial charge in [0.1, 0.15) is 6.33 Å². The second-order valence-corrected chi connectivity index (χ2v) is 6.55. The summed E-state index contributed by atoms with van der Waals surface area (Å²) in [6, 6.07) is 12.6. The van der Waals surface area contributed by atoms with Gasteiger partial charge in [0.25, 0.3) is 0 Å². The molecule has 0 spiro atoms. The number of hydrogen-bond acceptors (Lipinski definition) is 4. The number of rotatable bonds is 2. The van der Waals surface area contributed by atoms with E-state index in [0.29, 0.717) is 5.69 Å². The molecule has 1 heterocycles. The third kappa shape index (κ3) is 1.94. The summed E-state index contributed by atoms with van der Waals surface area (Å²) in [6.07, 6.45) is 2.79. The molecule has 0 aliphatic heterocycles. The van der Waals surface area contributed by atoms with Crippen LogP contribution in [0.25, 0.3) is 16.7 Å². The number of anilines is 1. The van der Waals surface area contributed by atoms with Gasteiger partial charge in [-0.05, 0) is 24.3 Å². The molecule has 2 N–H and O–H groups in total. The van der Waals surface area contributed by atoms with E-state index in [4.69, 9.17) is 5.73 Å². The summed E-state index contributed by atoms with van der Waals surface area (Å²) in [5.74, 6) is 0. The lowest BCUT2D eigenvalue weighted by Crippen LogP contribution is -2.06. The van der Waals surface area contributed by atoms with Gasteiger partial charge in [0, 0.05) is 6.26 Å². The predicted octanol–water partition coefficient (Wildman–Crippen LogP) is 2.01. The maximum absolute atomic E-state index is 11.7. The van der Waals surface area contributed by atoms with Crippen LogP contribution in [-0.4, -0.2) is 24.2 Å². The van der Waals surface area contributed by atoms with Crippen molar-refractivity contribution < 1.29 is 8.42 Å². The second-order valence-electron chi connectivity index (χ2n) is 4.56. The Hall–Kier alpha value is -2.34. The van der Waals surface area contributed by atoms with Crippen LogP contribution < -0.4 is 5.73 Å². The van der Waals surface area contributed by atoms with E-state index in [2.05, 4.69) is 4.98 Å². The highest BCUT2D eigenvalue weighted by Crippen LogP contribution is 2.27. The number of sulfone groups is 1. The summed E-state index contributed by atoms with van der Waals surface area (Å²) in [4.78, 5) is 4.42. The average Bonchev–Trinajstić information content (AvgIpc) is 2.81. The molecule has 0 fully saturated rings. The molecule has 3 aromatic rings. The molecule has 0 atom stereocenters. The zero-order chi connectivity index (χ0) is 14.3. The number of para-hydroxylation sites is 3. The first-order valence-electron chi connectivity index (χ1n) is 5.99. The standard InChI is InChI=1S/C14H13N3O2S/c1-20(18,19)13-8-4-7-12(14(13)15)17-9-16-10-5-2-3-6-11(10)17/h2-9H,15H2,1H3. The van der Waals surface area contributed by atoms with Crippen LogP contribution in [0.1, 0.15) is 0 Å². The van der Waals surface area contributed by atoms with Gasteiger partial charge in [-0.15, -0.1) is 0 Å². The highest BCUT2D eigenvalue weighted by molar-refractivity contribution is 7.90. The third-order valence-corrected chi connectivity index (χ3v) is 4.31. The summed E-state index contributed by atoms with van der Waals surface area (Å²) in [5, 5.41) is 0. The Morgan fingerprint density at radius 1 is 1.10 bits per heavy atom. The maximum Gasteiger partial charge on any atom is 0.177 e. The van der Waals surface area contributed by atoms with E-state index in [-0.39, 0.29) is 10.6 Å². The zero-order valence-electron chi connectivity index (χ0n) is 10.8. The zero-order valence-corrected chi connectivity index (χ0v) is 11.6. The molecule has 1 aromatic heterocycles. The Bertz CT molecular complexity index is 898. The summed E-state index contributed by atoms with van der Waals surface area (Å²) in [5.41, 5.74) is 8.58. The average molecular weight is 287 g/mol. The molecule has 0 amide bonds. The molecule has 0 bridgehead atoms. The fourth-order valence-corrected chi connectivity index (χ4v) is 3.05. The molecule has 5 nitrogen and oxygen atoms in total. The Kier molecular flexibility index (Phi) is 2.76. The molecule has 0 aliphatic carbocycles. The SMILES string of the molecule is CS(=O)(=O)c1cccc(-n2cnc3ccccc32)c1N. The normalized spacial score (nSPS) is 11.8. The van der Waals surface area contributed by atoms with Gasteiger partial charge in [-0.3, -0.25) is 4.57 Å². The van der Waals surface area contributed by atoms with E-state index >= 15 is 0 Å². The van der Waals surface area contributed by atoms with Crippen LogP contribution in [0.2, 0.25) is 0 Å². The van der Waals surface area contributed by atoms with E-state index in [9.17, 15) is 8.42 Å². The molecule has 0 saturated carbocycles. The van der Waals surface area contributed by atoms with Gasteiger partial charge >= 0.3 is 0 Å². The van der Waals surface area contributed by atoms with Crippen LogP contribution in [0.15, 0.2) is 53.7 Å². The first-order valence-corrected chi connectivity index (χ1v) is 7.88. The van der Waals surface area contributed by atoms with Crippen molar-refractivity contribution in [2.24, 2.45) is 0 Å². The quantitative estimate of drug-likeness (QED) is 0.731. The van der Waals surface area contributed by atoms with Crippen LogP contribution >= 0.6 is 0 Å². The Morgan fingerprint density at radius 3 is 2.60 bits per heavy atom. The van der Waals surface area contributed by atoms with Crippen molar-refractivity contribution in [1.29, 1.82) is 0 Å². The van der Waals surface area contributed by atoms with Gasteiger partial charge in [-0.2, -0.15) is 0 Å². The highest BCUT2D eigenvalue weighted by atomic mass is 32.2. The summed E-state index contributed by atoms with van der Waals surface area (Å²) in [7, 11) is -3.36. The number of aromatic nitrogens is 2. The van der Waals surface area contributed by atoms with Gasteiger partial charge in [0.2, 0.25) is 0 Å². The lowest BCUT2D eigenvalue weighted by molar-refractivity contribution is 0.602. The lowest BCUT2D eigenvalue weighted by atomic mass is 10.2. The van der Waals surface area contributed by atoms with Crippen molar-refractivity contribution in [3.63, 3.8) is 0 Å². The van der Waals surface area contributed by atoms with Crippen LogP contribution in [0, 0.1) is 0 Å². The minimum atomic E-state index is -3.36. The van der Waals surface area contributed by atoms with Crippen molar-refractivity contribution >= 4 is 26.6 Å². The fraction of sp³-hybridized carbons (Fsp3) is 0.0714. The predicted molar refractivity (Wildman–Crippen MR) is 78.6 cm³/mol. The van der Waals surface area contributed by atoms with Gasteiger partial charge in [0.05, 0.1) is 27.3 Å². The van der Waals surface area contributed by atoms with Crippen LogP contribution in [-0.2, 0) is 9.84 Å². The number of nitrogen functional groups attached to an aromatic ring is 1. The van der Waals surface area contributed by atoms with E-state index in [1.54, 1.807) is 23.0 Å². The van der Waals surface area contributed by atoms with Crippen LogP contribution in [0.4, 0.5) is 5.69 Å². The van der Waals surface area contributed by atoms with Crippen molar-refractivity contribution in [1.82, 2.24) is 9.55 Å². The van der Waals surface area contributed by atoms with Gasteiger partial charge in [-0.25, -0.2) is 13.4 Å². The Balaban J connectivity index is 2.31. The van der Waals surface area contributed by atoms with E-state index in [1.807, 2.05) is 24.3 Å². The Morgan fingerprint density at radius 2 is 1.85 bits per heavy atom. The molecule has 20 heavy (non-hydrogen) atoms. The number of nitrogens with zero attached hydrogens (tertiary/aromatic N) is 2. The van der Waals surface area contributed by atoms with Crippen molar-refractivity contribution in [2.75, 3.05) is 12.0 Å². The largest absolute Gasteiger partial charge is 0.396 e. The summed E-state index contributed by atoms with van der Waals surface area (Å²) < 4.78 is 25.3. The lowest BCUT2D eigenvalue weighted by Gasteiger charge is -2.11. The minimum absolute atomic E-state index is 0.132. The monoisotopic (exact) mass is 287 g/mol. The molecule has 0 radical (unpaired) electrons. The second kappa shape index (κ2) is 4.35. The molecular weight excluding hydrogens is 274 g/mol. The number of fused-ring (bicyclic) bond motifs is 1. The molecule has 0 saturated heterocycles. The molecule has 6 heteroatoms. The molecular formula is C14H13N3O2S. The van der Waals surface area contributed by atoms with Crippen LogP contribution in [0.3, 0.4) is 0 Å². The molecule has 2 aromatic carbocycles. The van der Waals surface area contributed by atoms with Crippen molar-refractivity contribution in [3.05, 3.63) is 48.8 Å². The van der Waals surface area contributed by atoms with E-state index in [1.165, 1.54) is 6.07 Å².